The first-order chi connectivity index (χ1) is 14.0. The molecule has 0 aliphatic carbocycles. The molecular formula is C21H24N4O3S. The predicted molar refractivity (Wildman–Crippen MR) is 110 cm³/mol. The van der Waals surface area contributed by atoms with Gasteiger partial charge in [0.1, 0.15) is 5.01 Å². The summed E-state index contributed by atoms with van der Waals surface area (Å²) < 4.78 is 0. The molecule has 8 heteroatoms. The average molecular weight is 413 g/mol. The predicted octanol–water partition coefficient (Wildman–Crippen LogP) is 2.17. The minimum atomic E-state index is -0.260. The van der Waals surface area contributed by atoms with E-state index in [0.717, 1.165) is 30.3 Å². The fraction of sp³-hybridized carbons (Fsp3) is 0.429. The molecule has 29 heavy (non-hydrogen) atoms. The van der Waals surface area contributed by atoms with Crippen molar-refractivity contribution in [3.05, 3.63) is 51.5 Å². The van der Waals surface area contributed by atoms with Crippen molar-refractivity contribution >= 4 is 29.1 Å². The first-order valence-electron chi connectivity index (χ1n) is 9.89. The SMILES string of the molecule is Cc1csc(CN2CCN(C(=O)CCCN3C(=O)c4ccccc4C3=O)CC2)n1. The molecule has 1 saturated heterocycles. The van der Waals surface area contributed by atoms with Crippen molar-refractivity contribution in [3.63, 3.8) is 0 Å². The number of fused-ring (bicyclic) bond motifs is 1. The van der Waals surface area contributed by atoms with Crippen LogP contribution in [0.4, 0.5) is 0 Å². The Labute approximate surface area is 173 Å². The van der Waals surface area contributed by atoms with Crippen LogP contribution in [0.15, 0.2) is 29.6 Å². The van der Waals surface area contributed by atoms with Gasteiger partial charge in [-0.25, -0.2) is 4.98 Å². The maximum atomic E-state index is 12.5. The van der Waals surface area contributed by atoms with Gasteiger partial charge >= 0.3 is 0 Å². The van der Waals surface area contributed by atoms with Crippen LogP contribution in [0, 0.1) is 6.92 Å². The topological polar surface area (TPSA) is 73.8 Å². The van der Waals surface area contributed by atoms with E-state index in [4.69, 9.17) is 0 Å². The largest absolute Gasteiger partial charge is 0.340 e. The number of aryl methyl sites for hydroxylation is 1. The van der Waals surface area contributed by atoms with E-state index in [1.165, 1.54) is 4.90 Å². The molecule has 3 heterocycles. The number of nitrogens with zero attached hydrogens (tertiary/aromatic N) is 4. The van der Waals surface area contributed by atoms with Gasteiger partial charge in [-0.05, 0) is 25.5 Å². The number of piperazine rings is 1. The van der Waals surface area contributed by atoms with Gasteiger partial charge in [-0.1, -0.05) is 12.1 Å². The summed E-state index contributed by atoms with van der Waals surface area (Å²) in [5.74, 6) is -0.431. The molecule has 3 amide bonds. The molecular weight excluding hydrogens is 388 g/mol. The Morgan fingerprint density at radius 3 is 2.31 bits per heavy atom. The monoisotopic (exact) mass is 412 g/mol. The Kier molecular flexibility index (Phi) is 5.73. The number of carbonyl (C=O) groups is 3. The minimum Gasteiger partial charge on any atom is -0.340 e. The van der Waals surface area contributed by atoms with Gasteiger partial charge in [0, 0.05) is 50.2 Å². The molecule has 0 radical (unpaired) electrons. The second-order valence-corrected chi connectivity index (χ2v) is 8.39. The fourth-order valence-electron chi connectivity index (χ4n) is 3.81. The summed E-state index contributed by atoms with van der Waals surface area (Å²) in [6.45, 7) is 6.19. The van der Waals surface area contributed by atoms with Crippen LogP contribution in [0.5, 0.6) is 0 Å². The third-order valence-corrected chi connectivity index (χ3v) is 6.35. The first kappa shape index (κ1) is 19.7. The third kappa shape index (κ3) is 4.23. The quantitative estimate of drug-likeness (QED) is 0.680. The van der Waals surface area contributed by atoms with Crippen LogP contribution in [0.2, 0.25) is 0 Å². The number of rotatable bonds is 6. The summed E-state index contributed by atoms with van der Waals surface area (Å²) in [4.78, 5) is 47.2. The van der Waals surface area contributed by atoms with Crippen LogP contribution < -0.4 is 0 Å². The number of imide groups is 1. The Bertz CT molecular complexity index is 899. The standard InChI is InChI=1S/C21H24N4O3S/c1-15-14-29-18(22-15)13-23-9-11-24(12-10-23)19(26)7-4-8-25-20(27)16-5-2-3-6-17(16)21(25)28/h2-3,5-6,14H,4,7-13H2,1H3. The van der Waals surface area contributed by atoms with Gasteiger partial charge in [-0.3, -0.25) is 24.2 Å². The van der Waals surface area contributed by atoms with Crippen LogP contribution in [0.3, 0.4) is 0 Å². The lowest BCUT2D eigenvalue weighted by atomic mass is 10.1. The average Bonchev–Trinajstić information content (AvgIpc) is 3.24. The van der Waals surface area contributed by atoms with Crippen LogP contribution in [0.1, 0.15) is 44.3 Å². The number of aromatic nitrogens is 1. The molecule has 4 rings (SSSR count). The van der Waals surface area contributed by atoms with E-state index < -0.39 is 0 Å². The minimum absolute atomic E-state index is 0.0892. The molecule has 0 spiro atoms. The fourth-order valence-corrected chi connectivity index (χ4v) is 4.62. The highest BCUT2D eigenvalue weighted by Gasteiger charge is 2.34. The number of hydrogen-bond donors (Lipinski definition) is 0. The summed E-state index contributed by atoms with van der Waals surface area (Å²) >= 11 is 1.68. The highest BCUT2D eigenvalue weighted by molar-refractivity contribution is 7.09. The zero-order valence-corrected chi connectivity index (χ0v) is 17.3. The molecule has 152 valence electrons. The van der Waals surface area contributed by atoms with Gasteiger partial charge < -0.3 is 4.90 Å². The molecule has 0 bridgehead atoms. The van der Waals surface area contributed by atoms with Crippen LogP contribution >= 0.6 is 11.3 Å². The van der Waals surface area contributed by atoms with Crippen LogP contribution in [-0.4, -0.2) is 70.1 Å². The Morgan fingerprint density at radius 2 is 1.72 bits per heavy atom. The number of carbonyl (C=O) groups excluding carboxylic acids is 3. The van der Waals surface area contributed by atoms with Crippen molar-refractivity contribution in [2.45, 2.75) is 26.3 Å². The molecule has 7 nitrogen and oxygen atoms in total. The van der Waals surface area contributed by atoms with Crippen LogP contribution in [0.25, 0.3) is 0 Å². The van der Waals surface area contributed by atoms with Crippen molar-refractivity contribution in [1.29, 1.82) is 0 Å². The van der Waals surface area contributed by atoms with Crippen LogP contribution in [-0.2, 0) is 11.3 Å². The Hall–Kier alpha value is -2.58. The Morgan fingerprint density at radius 1 is 1.07 bits per heavy atom. The van der Waals surface area contributed by atoms with Gasteiger partial charge in [0.25, 0.3) is 11.8 Å². The van der Waals surface area contributed by atoms with E-state index in [9.17, 15) is 14.4 Å². The zero-order chi connectivity index (χ0) is 20.4. The van der Waals surface area contributed by atoms with E-state index in [2.05, 4.69) is 15.3 Å². The molecule has 2 aromatic rings. The summed E-state index contributed by atoms with van der Waals surface area (Å²) in [7, 11) is 0. The van der Waals surface area contributed by atoms with E-state index in [1.807, 2.05) is 11.8 Å². The third-order valence-electron chi connectivity index (χ3n) is 5.40. The number of thiazole rings is 1. The number of amides is 3. The Balaban J connectivity index is 1.21. The number of hydrogen-bond acceptors (Lipinski definition) is 6. The zero-order valence-electron chi connectivity index (χ0n) is 16.5. The summed E-state index contributed by atoms with van der Waals surface area (Å²) in [6.07, 6.45) is 0.835. The molecule has 2 aliphatic heterocycles. The second kappa shape index (κ2) is 8.42. The van der Waals surface area contributed by atoms with Crippen molar-refractivity contribution in [2.24, 2.45) is 0 Å². The lowest BCUT2D eigenvalue weighted by molar-refractivity contribution is -0.133. The van der Waals surface area contributed by atoms with E-state index >= 15 is 0 Å². The van der Waals surface area contributed by atoms with Crippen molar-refractivity contribution < 1.29 is 14.4 Å². The summed E-state index contributed by atoms with van der Waals surface area (Å²) in [6, 6.07) is 6.86. The van der Waals surface area contributed by atoms with Crippen molar-refractivity contribution in [2.75, 3.05) is 32.7 Å². The van der Waals surface area contributed by atoms with Gasteiger partial charge in [-0.2, -0.15) is 0 Å². The van der Waals surface area contributed by atoms with Gasteiger partial charge in [0.15, 0.2) is 0 Å². The normalized spacial score (nSPS) is 17.1. The van der Waals surface area contributed by atoms with E-state index in [-0.39, 0.29) is 24.3 Å². The van der Waals surface area contributed by atoms with Crippen molar-refractivity contribution in [1.82, 2.24) is 19.7 Å². The lowest BCUT2D eigenvalue weighted by Crippen LogP contribution is -2.48. The maximum Gasteiger partial charge on any atom is 0.261 e. The summed E-state index contributed by atoms with van der Waals surface area (Å²) in [5.41, 5.74) is 1.96. The molecule has 0 unspecified atom stereocenters. The van der Waals surface area contributed by atoms with Gasteiger partial charge in [-0.15, -0.1) is 11.3 Å². The van der Waals surface area contributed by atoms with Gasteiger partial charge in [0.2, 0.25) is 5.91 Å². The molecule has 0 atom stereocenters. The molecule has 0 saturated carbocycles. The van der Waals surface area contributed by atoms with Gasteiger partial charge in [0.05, 0.1) is 17.7 Å². The molecule has 0 N–H and O–H groups in total. The van der Waals surface area contributed by atoms with Crippen molar-refractivity contribution in [3.8, 4) is 0 Å². The van der Waals surface area contributed by atoms with E-state index in [0.29, 0.717) is 37.1 Å². The highest BCUT2D eigenvalue weighted by Crippen LogP contribution is 2.22. The molecule has 1 fully saturated rings. The molecule has 1 aromatic carbocycles. The lowest BCUT2D eigenvalue weighted by Gasteiger charge is -2.34. The number of benzene rings is 1. The second-order valence-electron chi connectivity index (χ2n) is 7.45. The van der Waals surface area contributed by atoms with E-state index in [1.54, 1.807) is 35.6 Å². The maximum absolute atomic E-state index is 12.5. The summed E-state index contributed by atoms with van der Waals surface area (Å²) in [5, 5.41) is 3.17. The smallest absolute Gasteiger partial charge is 0.261 e. The highest BCUT2D eigenvalue weighted by atomic mass is 32.1. The molecule has 1 aromatic heterocycles. The first-order valence-corrected chi connectivity index (χ1v) is 10.8. The molecule has 2 aliphatic rings.